The summed E-state index contributed by atoms with van der Waals surface area (Å²) in [6, 6.07) is 28.2. The topological polar surface area (TPSA) is 68.6 Å². The van der Waals surface area contributed by atoms with Crippen LogP contribution in [-0.4, -0.2) is 27.8 Å². The second kappa shape index (κ2) is 11.3. The first-order valence-corrected chi connectivity index (χ1v) is 13.7. The summed E-state index contributed by atoms with van der Waals surface area (Å²) in [5.74, 6) is 0.226. The number of hydrogen-bond acceptors (Lipinski definition) is 4. The molecule has 5 rings (SSSR count). The lowest BCUT2D eigenvalue weighted by Crippen LogP contribution is -2.40. The number of hydrogen-bond donors (Lipinski definition) is 0. The van der Waals surface area contributed by atoms with Crippen molar-refractivity contribution in [2.24, 2.45) is 5.41 Å². The molecule has 0 aliphatic heterocycles. The van der Waals surface area contributed by atoms with Crippen molar-refractivity contribution < 1.29 is 14.3 Å². The molecule has 204 valence electrons. The molecule has 1 amide bonds. The summed E-state index contributed by atoms with van der Waals surface area (Å²) in [7, 11) is 0. The van der Waals surface area contributed by atoms with E-state index in [0.717, 1.165) is 11.1 Å². The third-order valence-electron chi connectivity index (χ3n) is 7.24. The van der Waals surface area contributed by atoms with Crippen LogP contribution >= 0.6 is 0 Å². The van der Waals surface area contributed by atoms with Gasteiger partial charge in [-0.25, -0.2) is 0 Å². The number of ether oxygens (including phenoxy) is 1. The molecule has 40 heavy (non-hydrogen) atoms. The highest BCUT2D eigenvalue weighted by molar-refractivity contribution is 6.02. The fourth-order valence-corrected chi connectivity index (χ4v) is 5.38. The van der Waals surface area contributed by atoms with Crippen molar-refractivity contribution >= 4 is 11.7 Å². The Morgan fingerprint density at radius 2 is 1.43 bits per heavy atom. The summed E-state index contributed by atoms with van der Waals surface area (Å²) in [5, 5.41) is 0. The lowest BCUT2D eigenvalue weighted by Gasteiger charge is -2.32. The summed E-state index contributed by atoms with van der Waals surface area (Å²) in [6.07, 6.45) is 0.898. The van der Waals surface area contributed by atoms with Gasteiger partial charge in [0.25, 0.3) is 11.5 Å². The summed E-state index contributed by atoms with van der Waals surface area (Å²) in [4.78, 5) is 43.5. The van der Waals surface area contributed by atoms with E-state index >= 15 is 0 Å². The maximum absolute atomic E-state index is 14.2. The molecule has 0 N–H and O–H groups in total. The van der Waals surface area contributed by atoms with Crippen LogP contribution in [0.1, 0.15) is 64.7 Å². The van der Waals surface area contributed by atoms with E-state index in [1.54, 1.807) is 33.7 Å². The molecular weight excluding hydrogens is 500 g/mol. The molecule has 0 fully saturated rings. The van der Waals surface area contributed by atoms with Gasteiger partial charge in [-0.2, -0.15) is 0 Å². The summed E-state index contributed by atoms with van der Waals surface area (Å²) in [5.41, 5.74) is 2.85. The van der Waals surface area contributed by atoms with Gasteiger partial charge in [-0.1, -0.05) is 74.5 Å². The van der Waals surface area contributed by atoms with E-state index < -0.39 is 11.5 Å². The molecule has 1 heterocycles. The Morgan fingerprint density at radius 1 is 0.850 bits per heavy atom. The van der Waals surface area contributed by atoms with E-state index in [4.69, 9.17) is 4.74 Å². The molecule has 6 heteroatoms. The highest BCUT2D eigenvalue weighted by Crippen LogP contribution is 2.35. The predicted octanol–water partition coefficient (Wildman–Crippen LogP) is 6.23. The van der Waals surface area contributed by atoms with Gasteiger partial charge in [-0.15, -0.1) is 0 Å². The first kappa shape index (κ1) is 27.1. The van der Waals surface area contributed by atoms with Crippen LogP contribution in [-0.2, 0) is 19.5 Å². The molecule has 0 atom stereocenters. The van der Waals surface area contributed by atoms with Crippen molar-refractivity contribution in [2.45, 2.75) is 46.7 Å². The Labute approximate surface area is 234 Å². The molecule has 1 aliphatic rings. The standard InChI is InChI=1S/C34H34N2O4/c1-4-40-27-17-15-26(16-18-27)36-30-20-34(2,3)21-31(37)28(30)19-29(33(36)39)32(38)35(22-24-11-7-5-8-12-24)23-25-13-9-6-10-14-25/h5-19H,4,20-23H2,1-3H3. The van der Waals surface area contributed by atoms with Crippen LogP contribution in [0.3, 0.4) is 0 Å². The van der Waals surface area contributed by atoms with Gasteiger partial charge in [0.1, 0.15) is 11.3 Å². The fourth-order valence-electron chi connectivity index (χ4n) is 5.38. The smallest absolute Gasteiger partial charge is 0.268 e. The van der Waals surface area contributed by atoms with E-state index in [-0.39, 0.29) is 16.8 Å². The van der Waals surface area contributed by atoms with Gasteiger partial charge in [0.15, 0.2) is 5.78 Å². The van der Waals surface area contributed by atoms with Crippen LogP contribution in [0.25, 0.3) is 5.69 Å². The molecule has 0 unspecified atom stereocenters. The van der Waals surface area contributed by atoms with Gasteiger partial charge in [-0.05, 0) is 60.2 Å². The minimum atomic E-state index is -0.426. The Balaban J connectivity index is 1.64. The van der Waals surface area contributed by atoms with Gasteiger partial charge in [0, 0.05) is 36.5 Å². The van der Waals surface area contributed by atoms with Gasteiger partial charge < -0.3 is 9.64 Å². The van der Waals surface area contributed by atoms with E-state index in [1.165, 1.54) is 6.07 Å². The molecule has 0 spiro atoms. The van der Waals surface area contributed by atoms with Crippen molar-refractivity contribution in [3.8, 4) is 11.4 Å². The lowest BCUT2D eigenvalue weighted by atomic mass is 9.75. The molecule has 1 aromatic heterocycles. The van der Waals surface area contributed by atoms with Crippen molar-refractivity contribution in [1.82, 2.24) is 9.47 Å². The first-order chi connectivity index (χ1) is 19.3. The largest absolute Gasteiger partial charge is 0.494 e. The van der Waals surface area contributed by atoms with Gasteiger partial charge in [-0.3, -0.25) is 19.0 Å². The van der Waals surface area contributed by atoms with Crippen molar-refractivity contribution in [3.05, 3.63) is 129 Å². The van der Waals surface area contributed by atoms with Crippen molar-refractivity contribution in [1.29, 1.82) is 0 Å². The fraction of sp³-hybridized carbons (Fsp3) is 0.265. The Morgan fingerprint density at radius 3 is 1.98 bits per heavy atom. The SMILES string of the molecule is CCOc1ccc(-n2c3c(cc(C(=O)N(Cc4ccccc4)Cc4ccccc4)c2=O)C(=O)CC(C)(C)C3)cc1. The molecule has 0 saturated heterocycles. The molecule has 6 nitrogen and oxygen atoms in total. The van der Waals surface area contributed by atoms with Crippen LogP contribution in [0.15, 0.2) is 95.8 Å². The molecule has 0 saturated carbocycles. The number of benzene rings is 3. The van der Waals surface area contributed by atoms with Crippen molar-refractivity contribution in [3.63, 3.8) is 0 Å². The third kappa shape index (κ3) is 5.76. The second-order valence-corrected chi connectivity index (χ2v) is 11.1. The molecule has 0 bridgehead atoms. The van der Waals surface area contributed by atoms with Crippen LogP contribution < -0.4 is 10.3 Å². The number of ketones is 1. The highest BCUT2D eigenvalue weighted by Gasteiger charge is 2.35. The quantitative estimate of drug-likeness (QED) is 0.269. The van der Waals surface area contributed by atoms with Gasteiger partial charge >= 0.3 is 0 Å². The number of amides is 1. The monoisotopic (exact) mass is 534 g/mol. The Hall–Kier alpha value is -4.45. The molecule has 3 aromatic carbocycles. The number of carbonyl (C=O) groups excluding carboxylic acids is 2. The number of pyridine rings is 1. The maximum Gasteiger partial charge on any atom is 0.268 e. The number of rotatable bonds is 8. The molecule has 0 radical (unpaired) electrons. The molecular formula is C34H34N2O4. The average Bonchev–Trinajstić information content (AvgIpc) is 2.93. The third-order valence-corrected chi connectivity index (χ3v) is 7.24. The van der Waals surface area contributed by atoms with Gasteiger partial charge in [0.2, 0.25) is 0 Å². The number of nitrogens with zero attached hydrogens (tertiary/aromatic N) is 2. The zero-order valence-electron chi connectivity index (χ0n) is 23.2. The zero-order chi connectivity index (χ0) is 28.3. The summed E-state index contributed by atoms with van der Waals surface area (Å²) < 4.78 is 7.15. The number of carbonyl (C=O) groups is 2. The minimum Gasteiger partial charge on any atom is -0.494 e. The first-order valence-electron chi connectivity index (χ1n) is 13.7. The van der Waals surface area contributed by atoms with Crippen LogP contribution in [0.5, 0.6) is 5.75 Å². The normalized spacial score (nSPS) is 13.9. The second-order valence-electron chi connectivity index (χ2n) is 11.1. The predicted molar refractivity (Wildman–Crippen MR) is 156 cm³/mol. The van der Waals surface area contributed by atoms with E-state index in [9.17, 15) is 14.4 Å². The highest BCUT2D eigenvalue weighted by atomic mass is 16.5. The Bertz CT molecular complexity index is 1530. The van der Waals surface area contributed by atoms with E-state index in [2.05, 4.69) is 0 Å². The number of Topliss-reactive ketones (excluding diaryl/α,β-unsaturated/α-hetero) is 1. The maximum atomic E-state index is 14.2. The van der Waals surface area contributed by atoms with Crippen molar-refractivity contribution in [2.75, 3.05) is 6.61 Å². The van der Waals surface area contributed by atoms with Crippen LogP contribution in [0.2, 0.25) is 0 Å². The van der Waals surface area contributed by atoms with Crippen LogP contribution in [0.4, 0.5) is 0 Å². The average molecular weight is 535 g/mol. The van der Waals surface area contributed by atoms with E-state index in [0.29, 0.717) is 55.2 Å². The Kier molecular flexibility index (Phi) is 7.69. The number of aromatic nitrogens is 1. The summed E-state index contributed by atoms with van der Waals surface area (Å²) in [6.45, 7) is 7.15. The molecule has 4 aromatic rings. The zero-order valence-corrected chi connectivity index (χ0v) is 23.2. The minimum absolute atomic E-state index is 0.00690. The molecule has 1 aliphatic carbocycles. The lowest BCUT2D eigenvalue weighted by molar-refractivity contribution is 0.0727. The number of fused-ring (bicyclic) bond motifs is 1. The van der Waals surface area contributed by atoms with Gasteiger partial charge in [0.05, 0.1) is 6.61 Å². The van der Waals surface area contributed by atoms with Crippen LogP contribution in [0, 0.1) is 5.41 Å². The summed E-state index contributed by atoms with van der Waals surface area (Å²) >= 11 is 0. The van der Waals surface area contributed by atoms with E-state index in [1.807, 2.05) is 81.4 Å².